The lowest BCUT2D eigenvalue weighted by molar-refractivity contribution is -0.137. The molecule has 1 fully saturated rings. The number of likely N-dealkylation sites (tertiary alicyclic amines) is 1. The van der Waals surface area contributed by atoms with Crippen LogP contribution in [0, 0.1) is 0 Å². The van der Waals surface area contributed by atoms with Gasteiger partial charge in [0.05, 0.1) is 18.0 Å². The molecule has 0 bridgehead atoms. The third-order valence-corrected chi connectivity index (χ3v) is 3.38. The number of anilines is 1. The van der Waals surface area contributed by atoms with E-state index in [9.17, 15) is 18.0 Å². The summed E-state index contributed by atoms with van der Waals surface area (Å²) < 4.78 is 37.3. The lowest BCUT2D eigenvalue weighted by atomic mass is 10.1. The van der Waals surface area contributed by atoms with Crippen molar-refractivity contribution in [2.75, 3.05) is 18.4 Å². The van der Waals surface area contributed by atoms with Crippen LogP contribution in [0.4, 0.5) is 23.7 Å². The Kier molecular flexibility index (Phi) is 3.47. The summed E-state index contributed by atoms with van der Waals surface area (Å²) in [5.74, 6) is 0. The number of nitrogens with one attached hydrogen (secondary N) is 1. The summed E-state index contributed by atoms with van der Waals surface area (Å²) in [6, 6.07) is 4.00. The van der Waals surface area contributed by atoms with Crippen LogP contribution in [0.1, 0.15) is 11.6 Å². The topological polar surface area (TPSA) is 63.1 Å². The molecular weight excluding hydrogens is 299 g/mol. The van der Waals surface area contributed by atoms with Crippen molar-refractivity contribution < 1.29 is 18.0 Å². The maximum atomic E-state index is 12.4. The minimum Gasteiger partial charge on any atom is -0.320 e. The van der Waals surface area contributed by atoms with Gasteiger partial charge in [-0.1, -0.05) is 0 Å². The highest BCUT2D eigenvalue weighted by Crippen LogP contribution is 2.30. The maximum Gasteiger partial charge on any atom is 0.416 e. The number of benzene rings is 1. The third-order valence-electron chi connectivity index (χ3n) is 3.38. The molecule has 116 valence electrons. The van der Waals surface area contributed by atoms with Crippen molar-refractivity contribution in [2.45, 2.75) is 12.2 Å². The van der Waals surface area contributed by atoms with Crippen LogP contribution < -0.4 is 5.32 Å². The fourth-order valence-corrected chi connectivity index (χ4v) is 2.13. The van der Waals surface area contributed by atoms with Gasteiger partial charge in [-0.05, 0) is 24.3 Å². The van der Waals surface area contributed by atoms with Crippen molar-refractivity contribution in [1.82, 2.24) is 19.9 Å². The van der Waals surface area contributed by atoms with Crippen molar-refractivity contribution in [1.29, 1.82) is 0 Å². The first-order valence-electron chi connectivity index (χ1n) is 6.52. The molecule has 2 heterocycles. The number of rotatable bonds is 2. The summed E-state index contributed by atoms with van der Waals surface area (Å²) in [4.78, 5) is 15.0. The molecule has 1 saturated heterocycles. The number of aromatic nitrogens is 3. The highest BCUT2D eigenvalue weighted by Gasteiger charge is 2.33. The van der Waals surface area contributed by atoms with Gasteiger partial charge in [0.15, 0.2) is 0 Å². The Morgan fingerprint density at radius 1 is 1.14 bits per heavy atom. The minimum absolute atomic E-state index is 0.0355. The number of alkyl halides is 3. The van der Waals surface area contributed by atoms with Crippen molar-refractivity contribution >= 4 is 11.7 Å². The number of amides is 2. The van der Waals surface area contributed by atoms with Crippen molar-refractivity contribution in [2.24, 2.45) is 0 Å². The zero-order chi connectivity index (χ0) is 15.7. The van der Waals surface area contributed by atoms with E-state index in [1.807, 2.05) is 0 Å². The standard InChI is InChI=1S/C13H12F3N5O/c14-13(15,16)9-1-3-10(4-2-9)19-12(22)20-7-11(8-20)21-17-5-6-18-21/h1-6,11H,7-8H2,(H,19,22). The molecule has 2 aromatic rings. The highest BCUT2D eigenvalue weighted by atomic mass is 19.4. The molecule has 1 aliphatic heterocycles. The molecule has 0 atom stereocenters. The number of urea groups is 1. The number of hydrogen-bond donors (Lipinski definition) is 1. The molecule has 1 aromatic carbocycles. The molecule has 22 heavy (non-hydrogen) atoms. The van der Waals surface area contributed by atoms with Gasteiger partial charge in [-0.15, -0.1) is 0 Å². The molecule has 9 heteroatoms. The molecule has 1 aliphatic rings. The van der Waals surface area contributed by atoms with E-state index in [0.717, 1.165) is 12.1 Å². The van der Waals surface area contributed by atoms with Crippen LogP contribution in [-0.2, 0) is 6.18 Å². The van der Waals surface area contributed by atoms with E-state index in [2.05, 4.69) is 15.5 Å². The summed E-state index contributed by atoms with van der Waals surface area (Å²) >= 11 is 0. The Labute approximate surface area is 123 Å². The van der Waals surface area contributed by atoms with E-state index >= 15 is 0 Å². The largest absolute Gasteiger partial charge is 0.416 e. The molecule has 2 amide bonds. The van der Waals surface area contributed by atoms with E-state index in [1.165, 1.54) is 21.8 Å². The molecule has 0 unspecified atom stereocenters. The third kappa shape index (κ3) is 2.87. The molecule has 0 saturated carbocycles. The molecule has 1 N–H and O–H groups in total. The van der Waals surface area contributed by atoms with Crippen LogP contribution in [-0.4, -0.2) is 39.0 Å². The lowest BCUT2D eigenvalue weighted by Crippen LogP contribution is -2.52. The Bertz CT molecular complexity index is 647. The molecule has 1 aromatic heterocycles. The van der Waals surface area contributed by atoms with Gasteiger partial charge in [0.25, 0.3) is 0 Å². The fourth-order valence-electron chi connectivity index (χ4n) is 2.13. The van der Waals surface area contributed by atoms with Gasteiger partial charge in [0, 0.05) is 18.8 Å². The van der Waals surface area contributed by atoms with E-state index in [0.29, 0.717) is 18.8 Å². The first kappa shape index (κ1) is 14.4. The molecular formula is C13H12F3N5O. The number of hydrogen-bond acceptors (Lipinski definition) is 3. The van der Waals surface area contributed by atoms with Gasteiger partial charge in [0.1, 0.15) is 6.04 Å². The minimum atomic E-state index is -4.38. The second-order valence-electron chi connectivity index (χ2n) is 4.91. The van der Waals surface area contributed by atoms with E-state index in [-0.39, 0.29) is 12.1 Å². The van der Waals surface area contributed by atoms with Crippen LogP contribution >= 0.6 is 0 Å². The quantitative estimate of drug-likeness (QED) is 0.926. The smallest absolute Gasteiger partial charge is 0.320 e. The zero-order valence-electron chi connectivity index (χ0n) is 11.3. The summed E-state index contributed by atoms with van der Waals surface area (Å²) in [6.45, 7) is 0.919. The highest BCUT2D eigenvalue weighted by molar-refractivity contribution is 5.89. The first-order valence-corrected chi connectivity index (χ1v) is 6.52. The van der Waals surface area contributed by atoms with Crippen LogP contribution in [0.5, 0.6) is 0 Å². The first-order chi connectivity index (χ1) is 10.4. The lowest BCUT2D eigenvalue weighted by Gasteiger charge is -2.38. The number of carbonyl (C=O) groups is 1. The van der Waals surface area contributed by atoms with Gasteiger partial charge in [-0.2, -0.15) is 28.2 Å². The molecule has 0 spiro atoms. The Morgan fingerprint density at radius 3 is 2.27 bits per heavy atom. The van der Waals surface area contributed by atoms with Crippen molar-refractivity contribution in [3.63, 3.8) is 0 Å². The SMILES string of the molecule is O=C(Nc1ccc(C(F)(F)F)cc1)N1CC(n2nccn2)C1. The molecule has 3 rings (SSSR count). The summed E-state index contributed by atoms with van der Waals surface area (Å²) in [5.41, 5.74) is -0.432. The van der Waals surface area contributed by atoms with Crippen LogP contribution in [0.15, 0.2) is 36.7 Å². The van der Waals surface area contributed by atoms with Crippen LogP contribution in [0.2, 0.25) is 0 Å². The second kappa shape index (κ2) is 5.32. The molecule has 0 radical (unpaired) electrons. The summed E-state index contributed by atoms with van der Waals surface area (Å²) in [5, 5.41) is 10.5. The van der Waals surface area contributed by atoms with Crippen LogP contribution in [0.3, 0.4) is 0 Å². The Balaban J connectivity index is 1.55. The number of nitrogens with zero attached hydrogens (tertiary/aromatic N) is 4. The van der Waals surface area contributed by atoms with Crippen molar-refractivity contribution in [3.05, 3.63) is 42.2 Å². The van der Waals surface area contributed by atoms with E-state index < -0.39 is 11.7 Å². The van der Waals surface area contributed by atoms with Gasteiger partial charge >= 0.3 is 12.2 Å². The summed E-state index contributed by atoms with van der Waals surface area (Å²) in [6.07, 6.45) is -1.26. The predicted octanol–water partition coefficient (Wildman–Crippen LogP) is 2.39. The second-order valence-corrected chi connectivity index (χ2v) is 4.91. The predicted molar refractivity (Wildman–Crippen MR) is 71.1 cm³/mol. The Morgan fingerprint density at radius 2 is 1.73 bits per heavy atom. The average Bonchev–Trinajstić information content (AvgIpc) is 2.90. The van der Waals surface area contributed by atoms with Crippen molar-refractivity contribution in [3.8, 4) is 0 Å². The normalized spacial score (nSPS) is 15.5. The van der Waals surface area contributed by atoms with Gasteiger partial charge < -0.3 is 10.2 Å². The monoisotopic (exact) mass is 311 g/mol. The summed E-state index contributed by atoms with van der Waals surface area (Å²) in [7, 11) is 0. The zero-order valence-corrected chi connectivity index (χ0v) is 11.3. The molecule has 0 aliphatic carbocycles. The van der Waals surface area contributed by atoms with E-state index in [1.54, 1.807) is 12.4 Å². The number of carbonyl (C=O) groups excluding carboxylic acids is 1. The van der Waals surface area contributed by atoms with E-state index in [4.69, 9.17) is 0 Å². The van der Waals surface area contributed by atoms with Crippen LogP contribution in [0.25, 0.3) is 0 Å². The van der Waals surface area contributed by atoms with Gasteiger partial charge in [-0.3, -0.25) is 0 Å². The average molecular weight is 311 g/mol. The maximum absolute atomic E-state index is 12.4. The fraction of sp³-hybridized carbons (Fsp3) is 0.308. The molecule has 6 nitrogen and oxygen atoms in total. The number of halogens is 3. The Hall–Kier alpha value is -2.58. The van der Waals surface area contributed by atoms with Gasteiger partial charge in [-0.25, -0.2) is 4.79 Å². The van der Waals surface area contributed by atoms with Gasteiger partial charge in [0.2, 0.25) is 0 Å².